The van der Waals surface area contributed by atoms with Crippen LogP contribution in [0.5, 0.6) is 11.5 Å². The molecule has 0 N–H and O–H groups in total. The number of carbonyl (C=O) groups is 1. The molecule has 1 atom stereocenters. The highest BCUT2D eigenvalue weighted by atomic mass is 35.5. The lowest BCUT2D eigenvalue weighted by Gasteiger charge is -2.25. The molecule has 0 saturated carbocycles. The molecule has 0 fully saturated rings. The summed E-state index contributed by atoms with van der Waals surface area (Å²) in [6, 6.07) is 19.1. The predicted molar refractivity (Wildman–Crippen MR) is 156 cm³/mol. The van der Waals surface area contributed by atoms with Gasteiger partial charge in [0, 0.05) is 15.6 Å². The number of methoxy groups -OCH3 is 2. The van der Waals surface area contributed by atoms with Crippen LogP contribution in [0.15, 0.2) is 87.8 Å². The average molecular weight is 596 g/mol. The van der Waals surface area contributed by atoms with Gasteiger partial charge < -0.3 is 14.2 Å². The molecule has 0 spiro atoms. The van der Waals surface area contributed by atoms with Crippen molar-refractivity contribution in [1.82, 2.24) is 4.57 Å². The normalized spacial score (nSPS) is 14.9. The van der Waals surface area contributed by atoms with Gasteiger partial charge in [-0.3, -0.25) is 9.36 Å². The van der Waals surface area contributed by atoms with Gasteiger partial charge in [0.15, 0.2) is 4.80 Å². The fourth-order valence-corrected chi connectivity index (χ4v) is 5.82. The van der Waals surface area contributed by atoms with Crippen molar-refractivity contribution in [3.8, 4) is 11.5 Å². The number of allylic oxidation sites excluding steroid dienone is 1. The Morgan fingerprint density at radius 1 is 1.02 bits per heavy atom. The third-order valence-electron chi connectivity index (χ3n) is 6.41. The first-order chi connectivity index (χ1) is 19.3. The molecule has 3 aromatic carbocycles. The van der Waals surface area contributed by atoms with Crippen LogP contribution in [0.4, 0.5) is 0 Å². The van der Waals surface area contributed by atoms with Crippen molar-refractivity contribution in [2.75, 3.05) is 14.2 Å². The van der Waals surface area contributed by atoms with Gasteiger partial charge in [-0.15, -0.1) is 0 Å². The molecule has 40 heavy (non-hydrogen) atoms. The van der Waals surface area contributed by atoms with Crippen molar-refractivity contribution in [3.05, 3.63) is 124 Å². The van der Waals surface area contributed by atoms with Crippen molar-refractivity contribution in [3.63, 3.8) is 0 Å². The highest BCUT2D eigenvalue weighted by Gasteiger charge is 2.35. The number of hydrogen-bond donors (Lipinski definition) is 0. The largest absolute Gasteiger partial charge is 0.496 e. The molecule has 0 saturated heterocycles. The molecule has 7 nitrogen and oxygen atoms in total. The third kappa shape index (κ3) is 5.56. The van der Waals surface area contributed by atoms with Crippen LogP contribution < -0.4 is 24.4 Å². The van der Waals surface area contributed by atoms with Crippen molar-refractivity contribution < 1.29 is 19.0 Å². The Balaban J connectivity index is 1.53. The number of halogens is 2. The van der Waals surface area contributed by atoms with Gasteiger partial charge >= 0.3 is 5.97 Å². The van der Waals surface area contributed by atoms with E-state index < -0.39 is 12.0 Å². The third-order valence-corrected chi connectivity index (χ3v) is 7.88. The second kappa shape index (κ2) is 11.7. The summed E-state index contributed by atoms with van der Waals surface area (Å²) in [4.78, 5) is 31.7. The number of aromatic nitrogens is 1. The fraction of sp³-hybridized carbons (Fsp3) is 0.167. The van der Waals surface area contributed by atoms with Crippen LogP contribution in [0.2, 0.25) is 10.0 Å². The standard InChI is InChI=1S/C30H24Cl2N2O5S/c1-17-26(29(36)38-3)27(23-15-21(32)10-13-24(23)37-2)34-28(35)25(40-30(34)33-17)14-18-6-11-22(12-7-18)39-16-19-4-8-20(31)9-5-19/h4-15,27H,16H2,1-3H3/b25-14-/t27-/m1/s1. The molecule has 0 unspecified atom stereocenters. The van der Waals surface area contributed by atoms with Crippen molar-refractivity contribution in [2.45, 2.75) is 19.6 Å². The summed E-state index contributed by atoms with van der Waals surface area (Å²) in [7, 11) is 2.82. The fourth-order valence-electron chi connectivity index (χ4n) is 4.46. The molecule has 0 aliphatic carbocycles. The van der Waals surface area contributed by atoms with Crippen LogP contribution >= 0.6 is 34.5 Å². The van der Waals surface area contributed by atoms with E-state index >= 15 is 0 Å². The number of fused-ring (bicyclic) bond motifs is 1. The zero-order valence-corrected chi connectivity index (χ0v) is 24.1. The summed E-state index contributed by atoms with van der Waals surface area (Å²) in [5, 5.41) is 1.11. The van der Waals surface area contributed by atoms with Gasteiger partial charge in [-0.1, -0.05) is 58.8 Å². The first kappa shape index (κ1) is 27.7. The number of ether oxygens (including phenoxy) is 3. The minimum absolute atomic E-state index is 0.240. The Bertz CT molecular complexity index is 1790. The highest BCUT2D eigenvalue weighted by Crippen LogP contribution is 2.37. The molecular weight excluding hydrogens is 571 g/mol. The van der Waals surface area contributed by atoms with E-state index in [1.54, 1.807) is 31.2 Å². The van der Waals surface area contributed by atoms with Crippen molar-refractivity contribution in [1.29, 1.82) is 0 Å². The number of benzene rings is 3. The maximum absolute atomic E-state index is 13.8. The molecule has 1 aromatic heterocycles. The quantitative estimate of drug-likeness (QED) is 0.271. The summed E-state index contributed by atoms with van der Waals surface area (Å²) in [6.07, 6.45) is 1.79. The maximum Gasteiger partial charge on any atom is 0.338 e. The lowest BCUT2D eigenvalue weighted by atomic mass is 9.95. The van der Waals surface area contributed by atoms with Gasteiger partial charge in [0.2, 0.25) is 0 Å². The zero-order chi connectivity index (χ0) is 28.4. The van der Waals surface area contributed by atoms with Crippen LogP contribution in [-0.2, 0) is 16.1 Å². The summed E-state index contributed by atoms with van der Waals surface area (Å²) < 4.78 is 18.5. The Hall–Kier alpha value is -3.85. The molecule has 0 amide bonds. The molecule has 1 aliphatic heterocycles. The Kier molecular flexibility index (Phi) is 8.12. The topological polar surface area (TPSA) is 79.1 Å². The summed E-state index contributed by atoms with van der Waals surface area (Å²) >= 11 is 13.5. The molecular formula is C30H24Cl2N2O5S. The Labute approximate surface area is 244 Å². The van der Waals surface area contributed by atoms with E-state index in [4.69, 9.17) is 37.4 Å². The van der Waals surface area contributed by atoms with Gasteiger partial charge in [-0.25, -0.2) is 9.79 Å². The van der Waals surface area contributed by atoms with E-state index in [2.05, 4.69) is 4.99 Å². The molecule has 1 aliphatic rings. The van der Waals surface area contributed by atoms with Crippen LogP contribution in [0.1, 0.15) is 29.7 Å². The number of nitrogens with zero attached hydrogens (tertiary/aromatic N) is 2. The van der Waals surface area contributed by atoms with Gasteiger partial charge in [0.25, 0.3) is 5.56 Å². The number of carbonyl (C=O) groups excluding carboxylic acids is 1. The monoisotopic (exact) mass is 594 g/mol. The predicted octanol–water partition coefficient (Wildman–Crippen LogP) is 5.30. The maximum atomic E-state index is 13.8. The highest BCUT2D eigenvalue weighted by molar-refractivity contribution is 7.07. The number of thiazole rings is 1. The molecule has 204 valence electrons. The van der Waals surface area contributed by atoms with E-state index in [-0.39, 0.29) is 11.1 Å². The zero-order valence-electron chi connectivity index (χ0n) is 21.8. The SMILES string of the molecule is COC(=O)C1=C(C)N=c2s/c(=C\c3ccc(OCc4ccc(Cl)cc4)cc3)c(=O)n2[C@@H]1c1cc(Cl)ccc1OC. The number of hydrogen-bond acceptors (Lipinski definition) is 7. The molecule has 0 radical (unpaired) electrons. The molecule has 5 rings (SSSR count). The second-order valence-corrected chi connectivity index (χ2v) is 10.8. The average Bonchev–Trinajstić information content (AvgIpc) is 3.26. The summed E-state index contributed by atoms with van der Waals surface area (Å²) in [5.74, 6) is 0.589. The molecule has 0 bridgehead atoms. The van der Waals surface area contributed by atoms with Crippen LogP contribution in [-0.4, -0.2) is 24.8 Å². The molecule has 4 aromatic rings. The minimum Gasteiger partial charge on any atom is -0.496 e. The minimum atomic E-state index is -0.830. The summed E-state index contributed by atoms with van der Waals surface area (Å²) in [5.41, 5.74) is 2.76. The van der Waals surface area contributed by atoms with E-state index in [0.29, 0.717) is 48.7 Å². The van der Waals surface area contributed by atoms with Gasteiger partial charge in [0.05, 0.1) is 30.0 Å². The van der Waals surface area contributed by atoms with Crippen molar-refractivity contribution in [2.24, 2.45) is 4.99 Å². The van der Waals surface area contributed by atoms with Crippen molar-refractivity contribution >= 4 is 46.6 Å². The summed E-state index contributed by atoms with van der Waals surface area (Å²) in [6.45, 7) is 2.13. The van der Waals surface area contributed by atoms with Crippen LogP contribution in [0.25, 0.3) is 6.08 Å². The lowest BCUT2D eigenvalue weighted by molar-refractivity contribution is -0.136. The Morgan fingerprint density at radius 2 is 1.73 bits per heavy atom. The second-order valence-electron chi connectivity index (χ2n) is 8.94. The Morgan fingerprint density at radius 3 is 2.40 bits per heavy atom. The van der Waals surface area contributed by atoms with E-state index in [9.17, 15) is 9.59 Å². The van der Waals surface area contributed by atoms with E-state index in [0.717, 1.165) is 11.1 Å². The van der Waals surface area contributed by atoms with E-state index in [1.165, 1.54) is 30.1 Å². The van der Waals surface area contributed by atoms with Crippen LogP contribution in [0.3, 0.4) is 0 Å². The first-order valence-corrected chi connectivity index (χ1v) is 13.8. The first-order valence-electron chi connectivity index (χ1n) is 12.2. The number of esters is 1. The smallest absolute Gasteiger partial charge is 0.338 e. The van der Waals surface area contributed by atoms with Crippen LogP contribution in [0, 0.1) is 0 Å². The molecule has 10 heteroatoms. The van der Waals surface area contributed by atoms with Gasteiger partial charge in [-0.05, 0) is 66.6 Å². The van der Waals surface area contributed by atoms with Gasteiger partial charge in [-0.2, -0.15) is 0 Å². The lowest BCUT2D eigenvalue weighted by Crippen LogP contribution is -2.40. The number of rotatable bonds is 7. The molecule has 2 heterocycles. The van der Waals surface area contributed by atoms with E-state index in [1.807, 2.05) is 48.5 Å². The van der Waals surface area contributed by atoms with Gasteiger partial charge in [0.1, 0.15) is 24.1 Å².